The van der Waals surface area contributed by atoms with E-state index < -0.39 is 23.9 Å². The Balaban J connectivity index is 2.06. The molecule has 1 fully saturated rings. The third-order valence-corrected chi connectivity index (χ3v) is 5.58. The summed E-state index contributed by atoms with van der Waals surface area (Å²) in [5, 5.41) is 8.97. The largest absolute Gasteiger partial charge is 0.356 e. The second-order valence-electron chi connectivity index (χ2n) is 9.09. The van der Waals surface area contributed by atoms with Gasteiger partial charge < -0.3 is 20.7 Å². The highest BCUT2D eigenvalue weighted by Gasteiger charge is 2.31. The number of aldehydes is 1. The minimum Gasteiger partial charge on any atom is -0.356 e. The first-order valence-electron chi connectivity index (χ1n) is 10.5. The van der Waals surface area contributed by atoms with Gasteiger partial charge in [0, 0.05) is 28.6 Å². The van der Waals surface area contributed by atoms with Crippen LogP contribution in [0.1, 0.15) is 45.6 Å². The van der Waals surface area contributed by atoms with Crippen LogP contribution in [0, 0.1) is 11.3 Å². The third kappa shape index (κ3) is 8.28. The van der Waals surface area contributed by atoms with Gasteiger partial charge in [-0.15, -0.1) is 0 Å². The molecule has 3 atom stereocenters. The van der Waals surface area contributed by atoms with Crippen molar-refractivity contribution in [3.05, 3.63) is 39.9 Å². The second-order valence-corrected chi connectivity index (χ2v) is 9.93. The normalized spacial score (nSPS) is 18.2. The third-order valence-electron chi connectivity index (χ3n) is 5.02. The Morgan fingerprint density at radius 3 is 2.53 bits per heavy atom. The van der Waals surface area contributed by atoms with Gasteiger partial charge in [-0.2, -0.15) is 0 Å². The van der Waals surface area contributed by atoms with Gasteiger partial charge in [0.2, 0.25) is 17.7 Å². The highest BCUT2D eigenvalue weighted by atomic mass is 35.5. The molecule has 7 nitrogen and oxygen atoms in total. The number of benzene rings is 1. The van der Waals surface area contributed by atoms with Crippen molar-refractivity contribution in [2.24, 2.45) is 11.3 Å². The van der Waals surface area contributed by atoms with Crippen LogP contribution in [0.15, 0.2) is 24.3 Å². The zero-order chi connectivity index (χ0) is 23.9. The number of carbonyl (C=O) groups excluding carboxylic acids is 4. The van der Waals surface area contributed by atoms with E-state index in [-0.39, 0.29) is 23.7 Å². The molecule has 1 aromatic carbocycles. The molecule has 3 amide bonds. The van der Waals surface area contributed by atoms with Crippen LogP contribution in [0.2, 0.25) is 10.0 Å². The lowest BCUT2D eigenvalue weighted by Gasteiger charge is -2.27. The zero-order valence-electron chi connectivity index (χ0n) is 18.4. The Labute approximate surface area is 198 Å². The first-order chi connectivity index (χ1) is 15.0. The van der Waals surface area contributed by atoms with Gasteiger partial charge in [0.15, 0.2) is 0 Å². The lowest BCUT2D eigenvalue weighted by atomic mass is 9.87. The number of halogens is 2. The van der Waals surface area contributed by atoms with Gasteiger partial charge in [-0.3, -0.25) is 14.4 Å². The topological polar surface area (TPSA) is 104 Å². The Kier molecular flexibility index (Phi) is 9.28. The molecule has 0 aromatic heterocycles. The lowest BCUT2D eigenvalue weighted by Crippen LogP contribution is -2.51. The van der Waals surface area contributed by atoms with Crippen molar-refractivity contribution in [1.29, 1.82) is 0 Å². The number of carbonyl (C=O) groups is 4. The smallest absolute Gasteiger partial charge is 0.244 e. The summed E-state index contributed by atoms with van der Waals surface area (Å²) in [6, 6.07) is 3.25. The highest BCUT2D eigenvalue weighted by molar-refractivity contribution is 6.35. The van der Waals surface area contributed by atoms with Crippen LogP contribution in [0.3, 0.4) is 0 Å². The van der Waals surface area contributed by atoms with E-state index in [0.717, 1.165) is 0 Å². The predicted molar refractivity (Wildman–Crippen MR) is 125 cm³/mol. The first kappa shape index (κ1) is 25.9. The molecule has 0 bridgehead atoms. The molecule has 1 aliphatic heterocycles. The van der Waals surface area contributed by atoms with Crippen molar-refractivity contribution in [2.75, 3.05) is 6.54 Å². The van der Waals surface area contributed by atoms with Gasteiger partial charge in [-0.1, -0.05) is 50.0 Å². The monoisotopic (exact) mass is 481 g/mol. The second kappa shape index (κ2) is 11.5. The molecule has 0 spiro atoms. The lowest BCUT2D eigenvalue weighted by molar-refractivity contribution is -0.130. The molecule has 3 N–H and O–H groups in total. The summed E-state index contributed by atoms with van der Waals surface area (Å²) < 4.78 is 0. The van der Waals surface area contributed by atoms with Gasteiger partial charge in [0.25, 0.3) is 0 Å². The fraction of sp³-hybridized carbons (Fsp3) is 0.478. The Morgan fingerprint density at radius 2 is 1.97 bits per heavy atom. The fourth-order valence-corrected chi connectivity index (χ4v) is 3.92. The van der Waals surface area contributed by atoms with E-state index >= 15 is 0 Å². The van der Waals surface area contributed by atoms with Crippen LogP contribution in [-0.4, -0.2) is 42.6 Å². The van der Waals surface area contributed by atoms with Crippen LogP contribution in [0.4, 0.5) is 0 Å². The highest BCUT2D eigenvalue weighted by Crippen LogP contribution is 2.23. The summed E-state index contributed by atoms with van der Waals surface area (Å²) in [4.78, 5) is 48.7. The molecule has 1 heterocycles. The molecule has 1 saturated heterocycles. The van der Waals surface area contributed by atoms with Gasteiger partial charge in [-0.05, 0) is 48.4 Å². The van der Waals surface area contributed by atoms with E-state index in [9.17, 15) is 19.2 Å². The molecular weight excluding hydrogens is 453 g/mol. The minimum atomic E-state index is -0.854. The molecular formula is C23H29Cl2N3O4. The van der Waals surface area contributed by atoms with Crippen molar-refractivity contribution in [3.63, 3.8) is 0 Å². The maximum Gasteiger partial charge on any atom is 0.244 e. The summed E-state index contributed by atoms with van der Waals surface area (Å²) >= 11 is 12.0. The summed E-state index contributed by atoms with van der Waals surface area (Å²) in [7, 11) is 0. The van der Waals surface area contributed by atoms with Crippen LogP contribution >= 0.6 is 23.2 Å². The Bertz CT molecular complexity index is 896. The molecule has 174 valence electrons. The van der Waals surface area contributed by atoms with Crippen molar-refractivity contribution in [2.45, 2.75) is 52.1 Å². The minimum absolute atomic E-state index is 0.114. The fourth-order valence-electron chi connectivity index (χ4n) is 3.45. The van der Waals surface area contributed by atoms with Crippen LogP contribution in [0.25, 0.3) is 6.08 Å². The van der Waals surface area contributed by atoms with E-state index in [1.165, 1.54) is 12.2 Å². The quantitative estimate of drug-likeness (QED) is 0.372. The summed E-state index contributed by atoms with van der Waals surface area (Å²) in [5.41, 5.74) is 0.347. The molecule has 32 heavy (non-hydrogen) atoms. The maximum absolute atomic E-state index is 12.9. The predicted octanol–water partition coefficient (Wildman–Crippen LogP) is 3.14. The van der Waals surface area contributed by atoms with Crippen molar-refractivity contribution < 1.29 is 19.2 Å². The number of amides is 3. The summed E-state index contributed by atoms with van der Waals surface area (Å²) in [6.45, 7) is 6.41. The molecule has 0 radical (unpaired) electrons. The van der Waals surface area contributed by atoms with Crippen LogP contribution in [0.5, 0.6) is 0 Å². The van der Waals surface area contributed by atoms with E-state index in [1.807, 2.05) is 20.8 Å². The molecule has 1 aromatic rings. The average Bonchev–Trinajstić information content (AvgIpc) is 3.09. The van der Waals surface area contributed by atoms with Gasteiger partial charge >= 0.3 is 0 Å². The number of hydrogen-bond acceptors (Lipinski definition) is 4. The first-order valence-corrected chi connectivity index (χ1v) is 11.2. The Morgan fingerprint density at radius 1 is 1.25 bits per heavy atom. The van der Waals surface area contributed by atoms with E-state index in [2.05, 4.69) is 16.0 Å². The van der Waals surface area contributed by atoms with E-state index in [0.29, 0.717) is 41.3 Å². The molecule has 1 unspecified atom stereocenters. The number of rotatable bonds is 9. The van der Waals surface area contributed by atoms with Crippen LogP contribution < -0.4 is 16.0 Å². The SMILES string of the molecule is CC(C)(C)C[C@H](NC(=O)/C=C/c1ccc(Cl)cc1Cl)C(=O)NC(C=O)C[C@@H]1CCNC1=O. The zero-order valence-corrected chi connectivity index (χ0v) is 19.9. The maximum atomic E-state index is 12.9. The standard InChI is InChI=1S/C23H29Cl2N3O4/c1-23(2,3)12-19(22(32)27-17(13-29)10-15-8-9-26-21(15)31)28-20(30)7-5-14-4-6-16(24)11-18(14)25/h4-7,11,13,15,17,19H,8-10,12H2,1-3H3,(H,26,31)(H,27,32)(H,28,30)/b7-5+/t15-,17?,19-/m0/s1. The summed E-state index contributed by atoms with van der Waals surface area (Å²) in [6.07, 6.45) is 4.66. The van der Waals surface area contributed by atoms with Crippen molar-refractivity contribution in [3.8, 4) is 0 Å². The molecule has 9 heteroatoms. The molecule has 0 saturated carbocycles. The van der Waals surface area contributed by atoms with Crippen molar-refractivity contribution in [1.82, 2.24) is 16.0 Å². The average molecular weight is 482 g/mol. The van der Waals surface area contributed by atoms with Gasteiger partial charge in [0.05, 0.1) is 6.04 Å². The Hall–Kier alpha value is -2.38. The van der Waals surface area contributed by atoms with Crippen LogP contribution in [-0.2, 0) is 19.2 Å². The van der Waals surface area contributed by atoms with E-state index in [4.69, 9.17) is 23.2 Å². The molecule has 1 aliphatic rings. The van der Waals surface area contributed by atoms with Gasteiger partial charge in [0.1, 0.15) is 12.3 Å². The number of hydrogen-bond donors (Lipinski definition) is 3. The molecule has 2 rings (SSSR count). The number of nitrogens with one attached hydrogen (secondary N) is 3. The van der Waals surface area contributed by atoms with Crippen molar-refractivity contribution >= 4 is 53.3 Å². The van der Waals surface area contributed by atoms with E-state index in [1.54, 1.807) is 18.2 Å². The molecule has 0 aliphatic carbocycles. The summed E-state index contributed by atoms with van der Waals surface area (Å²) in [5.74, 6) is -1.37. The van der Waals surface area contributed by atoms with Gasteiger partial charge in [-0.25, -0.2) is 0 Å².